The first-order valence-electron chi connectivity index (χ1n) is 5.51. The lowest BCUT2D eigenvalue weighted by Crippen LogP contribution is -2.56. The molecule has 2 atom stereocenters. The number of para-hydroxylation sites is 2. The molecule has 0 amide bonds. The van der Waals surface area contributed by atoms with Crippen LogP contribution in [0.2, 0.25) is 0 Å². The van der Waals surface area contributed by atoms with Crippen LogP contribution in [0.5, 0.6) is 5.75 Å². The van der Waals surface area contributed by atoms with Gasteiger partial charge in [0.15, 0.2) is 5.75 Å². The number of ether oxygens (including phenoxy) is 1. The molecule has 1 aromatic carbocycles. The third-order valence-electron chi connectivity index (χ3n) is 3.46. The van der Waals surface area contributed by atoms with E-state index in [2.05, 4.69) is 0 Å². The number of rotatable bonds is 3. The minimum atomic E-state index is -0.461. The first kappa shape index (κ1) is 11.9. The van der Waals surface area contributed by atoms with E-state index in [1.165, 1.54) is 6.07 Å². The van der Waals surface area contributed by atoms with Crippen molar-refractivity contribution >= 4 is 5.69 Å². The molecule has 0 bridgehead atoms. The molecule has 0 saturated heterocycles. The van der Waals surface area contributed by atoms with Crippen molar-refractivity contribution in [1.82, 2.24) is 0 Å². The van der Waals surface area contributed by atoms with Gasteiger partial charge in [-0.1, -0.05) is 26.0 Å². The van der Waals surface area contributed by atoms with Gasteiger partial charge >= 0.3 is 5.69 Å². The Hall–Kier alpha value is -1.62. The highest BCUT2D eigenvalue weighted by atomic mass is 16.6. The van der Waals surface area contributed by atoms with Crippen molar-refractivity contribution in [2.24, 2.45) is 5.41 Å². The van der Waals surface area contributed by atoms with E-state index in [1.54, 1.807) is 18.2 Å². The van der Waals surface area contributed by atoms with E-state index in [0.717, 1.165) is 0 Å². The fraction of sp³-hybridized carbons (Fsp3) is 0.500. The van der Waals surface area contributed by atoms with Crippen molar-refractivity contribution in [3.8, 4) is 5.75 Å². The lowest BCUT2D eigenvalue weighted by molar-refractivity contribution is -0.386. The molecule has 0 spiro atoms. The van der Waals surface area contributed by atoms with Gasteiger partial charge in [-0.05, 0) is 6.07 Å². The summed E-state index contributed by atoms with van der Waals surface area (Å²) in [7, 11) is 0. The van der Waals surface area contributed by atoms with Crippen LogP contribution in [0.25, 0.3) is 0 Å². The molecule has 1 saturated carbocycles. The lowest BCUT2D eigenvalue weighted by atomic mass is 9.66. The predicted molar refractivity (Wildman–Crippen MR) is 61.9 cm³/mol. The average molecular weight is 237 g/mol. The molecule has 17 heavy (non-hydrogen) atoms. The van der Waals surface area contributed by atoms with Crippen molar-refractivity contribution in [3.05, 3.63) is 34.4 Å². The Balaban J connectivity index is 2.18. The standard InChI is InChI=1S/C12H15NO4/c1-12(2)10(14)7-11(12)17-9-6-4-3-5-8(9)13(15)16/h3-6,10-11,14H,7H2,1-2H3. The summed E-state index contributed by atoms with van der Waals surface area (Å²) in [5.41, 5.74) is -0.395. The SMILES string of the molecule is CC1(C)C(O)CC1Oc1ccccc1[N+](=O)[O-]. The second-order valence-electron chi connectivity index (χ2n) is 4.90. The summed E-state index contributed by atoms with van der Waals surface area (Å²) in [4.78, 5) is 10.4. The maximum Gasteiger partial charge on any atom is 0.310 e. The van der Waals surface area contributed by atoms with Crippen LogP contribution in [0.1, 0.15) is 20.3 Å². The molecular weight excluding hydrogens is 222 g/mol. The third-order valence-corrected chi connectivity index (χ3v) is 3.46. The Morgan fingerprint density at radius 1 is 1.47 bits per heavy atom. The number of nitro groups is 1. The van der Waals surface area contributed by atoms with Crippen molar-refractivity contribution in [1.29, 1.82) is 0 Å². The van der Waals surface area contributed by atoms with E-state index >= 15 is 0 Å². The summed E-state index contributed by atoms with van der Waals surface area (Å²) < 4.78 is 5.63. The minimum absolute atomic E-state index is 0.0373. The van der Waals surface area contributed by atoms with Crippen LogP contribution in [0.15, 0.2) is 24.3 Å². The summed E-state index contributed by atoms with van der Waals surface area (Å²) in [5, 5.41) is 20.4. The molecule has 5 heteroatoms. The summed E-state index contributed by atoms with van der Waals surface area (Å²) in [6.07, 6.45) is -0.0761. The molecule has 0 aliphatic heterocycles. The van der Waals surface area contributed by atoms with Gasteiger partial charge in [0.2, 0.25) is 0 Å². The number of nitro benzene ring substituents is 1. The average Bonchev–Trinajstić information content (AvgIpc) is 2.29. The number of aliphatic hydroxyl groups excluding tert-OH is 1. The van der Waals surface area contributed by atoms with E-state index < -0.39 is 11.0 Å². The van der Waals surface area contributed by atoms with Crippen LogP contribution in [0, 0.1) is 15.5 Å². The van der Waals surface area contributed by atoms with Crippen LogP contribution in [0.4, 0.5) is 5.69 Å². The normalized spacial score (nSPS) is 26.1. The van der Waals surface area contributed by atoms with Crippen molar-refractivity contribution in [2.45, 2.75) is 32.5 Å². The van der Waals surface area contributed by atoms with Gasteiger partial charge in [0, 0.05) is 17.9 Å². The summed E-state index contributed by atoms with van der Waals surface area (Å²) >= 11 is 0. The van der Waals surface area contributed by atoms with Gasteiger partial charge < -0.3 is 9.84 Å². The molecule has 1 aliphatic carbocycles. The third kappa shape index (κ3) is 1.98. The fourth-order valence-corrected chi connectivity index (χ4v) is 1.93. The molecule has 0 heterocycles. The second-order valence-corrected chi connectivity index (χ2v) is 4.90. The monoisotopic (exact) mass is 237 g/mol. The highest BCUT2D eigenvalue weighted by Crippen LogP contribution is 2.44. The topological polar surface area (TPSA) is 72.6 Å². The van der Waals surface area contributed by atoms with Gasteiger partial charge in [-0.15, -0.1) is 0 Å². The van der Waals surface area contributed by atoms with E-state index in [4.69, 9.17) is 4.74 Å². The molecule has 2 rings (SSSR count). The molecule has 1 N–H and O–H groups in total. The number of benzene rings is 1. The quantitative estimate of drug-likeness (QED) is 0.645. The van der Waals surface area contributed by atoms with Gasteiger partial charge in [-0.25, -0.2) is 0 Å². The zero-order valence-electron chi connectivity index (χ0n) is 9.79. The number of nitrogens with zero attached hydrogens (tertiary/aromatic N) is 1. The van der Waals surface area contributed by atoms with Gasteiger partial charge in [0.1, 0.15) is 6.10 Å². The Kier molecular flexibility index (Phi) is 2.79. The van der Waals surface area contributed by atoms with Crippen molar-refractivity contribution in [3.63, 3.8) is 0 Å². The number of hydrogen-bond donors (Lipinski definition) is 1. The summed E-state index contributed by atoms with van der Waals surface area (Å²) in [6.45, 7) is 3.78. The molecule has 92 valence electrons. The van der Waals surface area contributed by atoms with Crippen LogP contribution >= 0.6 is 0 Å². The highest BCUT2D eigenvalue weighted by molar-refractivity contribution is 5.46. The predicted octanol–water partition coefficient (Wildman–Crippen LogP) is 2.13. The van der Waals surface area contributed by atoms with E-state index in [-0.39, 0.29) is 23.0 Å². The molecule has 2 unspecified atom stereocenters. The Morgan fingerprint density at radius 2 is 2.12 bits per heavy atom. The molecule has 1 aromatic rings. The molecule has 0 aromatic heterocycles. The Labute approximate surface area is 99.2 Å². The molecule has 0 radical (unpaired) electrons. The molecule has 5 nitrogen and oxygen atoms in total. The van der Waals surface area contributed by atoms with Crippen LogP contribution in [0.3, 0.4) is 0 Å². The minimum Gasteiger partial charge on any atom is -0.483 e. The number of hydrogen-bond acceptors (Lipinski definition) is 4. The highest BCUT2D eigenvalue weighted by Gasteiger charge is 2.49. The molecule has 1 fully saturated rings. The molecular formula is C12H15NO4. The second kappa shape index (κ2) is 4.00. The Bertz CT molecular complexity index is 444. The Morgan fingerprint density at radius 3 is 2.65 bits per heavy atom. The van der Waals surface area contributed by atoms with E-state index in [0.29, 0.717) is 6.42 Å². The summed E-state index contributed by atoms with van der Waals surface area (Å²) in [5.74, 6) is 0.266. The van der Waals surface area contributed by atoms with Gasteiger partial charge in [0.05, 0.1) is 11.0 Å². The zero-order valence-corrected chi connectivity index (χ0v) is 9.79. The maximum atomic E-state index is 10.8. The van der Waals surface area contributed by atoms with Gasteiger partial charge in [-0.3, -0.25) is 10.1 Å². The van der Waals surface area contributed by atoms with Crippen molar-refractivity contribution < 1.29 is 14.8 Å². The summed E-state index contributed by atoms with van der Waals surface area (Å²) in [6, 6.07) is 6.30. The fourth-order valence-electron chi connectivity index (χ4n) is 1.93. The van der Waals surface area contributed by atoms with Crippen LogP contribution in [-0.2, 0) is 0 Å². The largest absolute Gasteiger partial charge is 0.483 e. The maximum absolute atomic E-state index is 10.8. The van der Waals surface area contributed by atoms with E-state index in [9.17, 15) is 15.2 Å². The first-order valence-corrected chi connectivity index (χ1v) is 5.51. The molecule has 1 aliphatic rings. The van der Waals surface area contributed by atoms with E-state index in [1.807, 2.05) is 13.8 Å². The first-order chi connectivity index (χ1) is 7.93. The lowest BCUT2D eigenvalue weighted by Gasteiger charge is -2.48. The number of aliphatic hydroxyl groups is 1. The van der Waals surface area contributed by atoms with Crippen molar-refractivity contribution in [2.75, 3.05) is 0 Å². The zero-order chi connectivity index (χ0) is 12.6. The van der Waals surface area contributed by atoms with Gasteiger partial charge in [-0.2, -0.15) is 0 Å². The van der Waals surface area contributed by atoms with Crippen LogP contribution in [-0.4, -0.2) is 22.2 Å². The van der Waals surface area contributed by atoms with Crippen LogP contribution < -0.4 is 4.74 Å². The van der Waals surface area contributed by atoms with Gasteiger partial charge in [0.25, 0.3) is 0 Å². The smallest absolute Gasteiger partial charge is 0.310 e.